The number of piperidine rings is 1. The van der Waals surface area contributed by atoms with Crippen LogP contribution in [0.3, 0.4) is 0 Å². The molecule has 8 nitrogen and oxygen atoms in total. The molecule has 2 heterocycles. The first-order valence-corrected chi connectivity index (χ1v) is 8.47. The molecule has 1 saturated heterocycles. The number of hydrogen-bond acceptors (Lipinski definition) is 4. The van der Waals surface area contributed by atoms with Crippen molar-refractivity contribution in [2.24, 2.45) is 0 Å². The van der Waals surface area contributed by atoms with Gasteiger partial charge in [-0.15, -0.1) is 0 Å². The fraction of sp³-hybridized carbons (Fsp3) is 0.471. The van der Waals surface area contributed by atoms with Crippen molar-refractivity contribution in [1.82, 2.24) is 20.2 Å². The molecule has 3 N–H and O–H groups in total. The molecule has 0 spiro atoms. The number of carbonyl (C=O) groups excluding carboxylic acids is 2. The van der Waals surface area contributed by atoms with Gasteiger partial charge in [0.2, 0.25) is 5.91 Å². The molecule has 2 amide bonds. The summed E-state index contributed by atoms with van der Waals surface area (Å²) in [6, 6.07) is 5.48. The lowest BCUT2D eigenvalue weighted by Crippen LogP contribution is -2.47. The summed E-state index contributed by atoms with van der Waals surface area (Å²) in [5.74, 6) is -0.0631. The Hall–Kier alpha value is -2.77. The number of ether oxygens (including phenoxy) is 1. The van der Waals surface area contributed by atoms with E-state index in [1.54, 1.807) is 24.0 Å². The Morgan fingerprint density at radius 1 is 1.24 bits per heavy atom. The van der Waals surface area contributed by atoms with Gasteiger partial charge in [0.25, 0.3) is 0 Å². The largest absolute Gasteiger partial charge is 0.450 e. The molecule has 1 fully saturated rings. The van der Waals surface area contributed by atoms with Crippen LogP contribution >= 0.6 is 0 Å². The van der Waals surface area contributed by atoms with Crippen molar-refractivity contribution in [3.8, 4) is 0 Å². The van der Waals surface area contributed by atoms with Gasteiger partial charge in [0.05, 0.1) is 24.1 Å². The second-order valence-electron chi connectivity index (χ2n) is 6.16. The van der Waals surface area contributed by atoms with Gasteiger partial charge in [-0.2, -0.15) is 0 Å². The van der Waals surface area contributed by atoms with E-state index < -0.39 is 0 Å². The summed E-state index contributed by atoms with van der Waals surface area (Å²) in [4.78, 5) is 42.2. The highest BCUT2D eigenvalue weighted by atomic mass is 16.6. The summed E-state index contributed by atoms with van der Waals surface area (Å²) >= 11 is 0. The van der Waals surface area contributed by atoms with Crippen molar-refractivity contribution < 1.29 is 14.3 Å². The van der Waals surface area contributed by atoms with Crippen molar-refractivity contribution in [3.63, 3.8) is 0 Å². The van der Waals surface area contributed by atoms with Gasteiger partial charge < -0.3 is 24.9 Å². The van der Waals surface area contributed by atoms with Crippen molar-refractivity contribution in [2.45, 2.75) is 32.2 Å². The molecule has 25 heavy (non-hydrogen) atoms. The Morgan fingerprint density at radius 3 is 2.68 bits per heavy atom. The molecular formula is C17H22N4O4. The Kier molecular flexibility index (Phi) is 5.06. The Bertz CT molecular complexity index is 817. The number of hydrogen-bond donors (Lipinski definition) is 3. The summed E-state index contributed by atoms with van der Waals surface area (Å²) in [6.07, 6.45) is 1.39. The van der Waals surface area contributed by atoms with Crippen LogP contribution in [0.4, 0.5) is 4.79 Å². The van der Waals surface area contributed by atoms with Gasteiger partial charge in [0.1, 0.15) is 0 Å². The van der Waals surface area contributed by atoms with E-state index in [2.05, 4.69) is 15.3 Å². The molecule has 1 aliphatic heterocycles. The topological polar surface area (TPSA) is 107 Å². The quantitative estimate of drug-likeness (QED) is 0.771. The molecule has 134 valence electrons. The summed E-state index contributed by atoms with van der Waals surface area (Å²) in [7, 11) is 0. The number of fused-ring (bicyclic) bond motifs is 1. The van der Waals surface area contributed by atoms with Crippen LogP contribution < -0.4 is 11.0 Å². The number of rotatable bonds is 4. The van der Waals surface area contributed by atoms with E-state index in [1.165, 1.54) is 0 Å². The SMILES string of the molecule is CCOC(=O)N1CCC(NC(=O)Cc2ccc3[nH]c(=O)[nH]c3c2)CC1. The molecule has 3 rings (SSSR count). The first-order valence-electron chi connectivity index (χ1n) is 8.47. The van der Waals surface area contributed by atoms with Crippen LogP contribution in [-0.2, 0) is 16.0 Å². The molecule has 0 atom stereocenters. The number of amides is 2. The highest BCUT2D eigenvalue weighted by Crippen LogP contribution is 2.13. The second-order valence-corrected chi connectivity index (χ2v) is 6.16. The fourth-order valence-corrected chi connectivity index (χ4v) is 3.07. The maximum atomic E-state index is 12.2. The Morgan fingerprint density at radius 2 is 1.96 bits per heavy atom. The molecule has 1 aliphatic rings. The maximum absolute atomic E-state index is 12.2. The zero-order chi connectivity index (χ0) is 17.8. The van der Waals surface area contributed by atoms with Crippen LogP contribution in [0.2, 0.25) is 0 Å². The zero-order valence-corrected chi connectivity index (χ0v) is 14.1. The van der Waals surface area contributed by atoms with Gasteiger partial charge >= 0.3 is 11.8 Å². The number of nitrogens with zero attached hydrogens (tertiary/aromatic N) is 1. The van der Waals surface area contributed by atoms with Crippen molar-refractivity contribution >= 4 is 23.0 Å². The predicted octanol–water partition coefficient (Wildman–Crippen LogP) is 1.14. The molecule has 2 aromatic rings. The van der Waals surface area contributed by atoms with E-state index in [4.69, 9.17) is 4.74 Å². The van der Waals surface area contributed by atoms with Gasteiger partial charge in [-0.25, -0.2) is 9.59 Å². The van der Waals surface area contributed by atoms with E-state index in [0.717, 1.165) is 11.1 Å². The molecule has 0 aliphatic carbocycles. The fourth-order valence-electron chi connectivity index (χ4n) is 3.07. The lowest BCUT2D eigenvalue weighted by atomic mass is 10.0. The van der Waals surface area contributed by atoms with Crippen LogP contribution in [0, 0.1) is 0 Å². The third kappa shape index (κ3) is 4.20. The van der Waals surface area contributed by atoms with Gasteiger partial charge in [0.15, 0.2) is 0 Å². The van der Waals surface area contributed by atoms with Gasteiger partial charge in [0, 0.05) is 19.1 Å². The lowest BCUT2D eigenvalue weighted by molar-refractivity contribution is -0.121. The molecular weight excluding hydrogens is 324 g/mol. The minimum atomic E-state index is -0.291. The standard InChI is InChI=1S/C17H22N4O4/c1-2-25-17(24)21-7-5-12(6-8-21)18-15(22)10-11-3-4-13-14(9-11)20-16(23)19-13/h3-4,9,12H,2,5-8,10H2,1H3,(H,18,22)(H2,19,20,23). The zero-order valence-electron chi connectivity index (χ0n) is 14.1. The average Bonchev–Trinajstić information content (AvgIpc) is 2.95. The molecule has 1 aromatic heterocycles. The highest BCUT2D eigenvalue weighted by molar-refractivity contribution is 5.81. The van der Waals surface area contributed by atoms with Crippen LogP contribution in [-0.4, -0.2) is 52.6 Å². The van der Waals surface area contributed by atoms with Crippen LogP contribution in [0.1, 0.15) is 25.3 Å². The van der Waals surface area contributed by atoms with Gasteiger partial charge in [-0.05, 0) is 37.5 Å². The van der Waals surface area contributed by atoms with Crippen molar-refractivity contribution in [1.29, 1.82) is 0 Å². The van der Waals surface area contributed by atoms with Gasteiger partial charge in [-0.1, -0.05) is 6.07 Å². The number of H-pyrrole nitrogens is 2. The predicted molar refractivity (Wildman–Crippen MR) is 92.4 cm³/mol. The number of aromatic amines is 2. The third-order valence-corrected chi connectivity index (χ3v) is 4.33. The van der Waals surface area contributed by atoms with E-state index in [1.807, 2.05) is 6.07 Å². The molecule has 1 aromatic carbocycles. The minimum absolute atomic E-state index is 0.0631. The number of aromatic nitrogens is 2. The summed E-state index contributed by atoms with van der Waals surface area (Å²) < 4.78 is 4.99. The summed E-state index contributed by atoms with van der Waals surface area (Å²) in [6.45, 7) is 3.32. The van der Waals surface area contributed by atoms with E-state index in [9.17, 15) is 14.4 Å². The van der Waals surface area contributed by atoms with Crippen molar-refractivity contribution in [3.05, 3.63) is 34.2 Å². The Labute approximate surface area is 144 Å². The van der Waals surface area contributed by atoms with Crippen LogP contribution in [0.5, 0.6) is 0 Å². The molecule has 8 heteroatoms. The normalized spacial score (nSPS) is 15.3. The number of nitrogens with one attached hydrogen (secondary N) is 3. The first-order chi connectivity index (χ1) is 12.0. The first kappa shape index (κ1) is 17.1. The molecule has 0 bridgehead atoms. The number of carbonyl (C=O) groups is 2. The second kappa shape index (κ2) is 7.42. The number of benzene rings is 1. The van der Waals surface area contributed by atoms with Gasteiger partial charge in [-0.3, -0.25) is 4.79 Å². The highest BCUT2D eigenvalue weighted by Gasteiger charge is 2.24. The van der Waals surface area contributed by atoms with Crippen LogP contribution in [0.25, 0.3) is 11.0 Å². The maximum Gasteiger partial charge on any atom is 0.409 e. The number of likely N-dealkylation sites (tertiary alicyclic amines) is 1. The number of imidazole rings is 1. The lowest BCUT2D eigenvalue weighted by Gasteiger charge is -2.31. The molecule has 0 unspecified atom stereocenters. The summed E-state index contributed by atoms with van der Waals surface area (Å²) in [5, 5.41) is 3.01. The smallest absolute Gasteiger partial charge is 0.409 e. The van der Waals surface area contributed by atoms with E-state index >= 15 is 0 Å². The average molecular weight is 346 g/mol. The van der Waals surface area contributed by atoms with E-state index in [-0.39, 0.29) is 30.2 Å². The molecule has 0 radical (unpaired) electrons. The van der Waals surface area contributed by atoms with Crippen molar-refractivity contribution in [2.75, 3.05) is 19.7 Å². The monoisotopic (exact) mass is 346 g/mol. The Balaban J connectivity index is 1.51. The molecule has 0 saturated carbocycles. The van der Waals surface area contributed by atoms with E-state index in [0.29, 0.717) is 38.1 Å². The summed E-state index contributed by atoms with van der Waals surface area (Å²) in [5.41, 5.74) is 1.99. The van der Waals surface area contributed by atoms with Crippen LogP contribution in [0.15, 0.2) is 23.0 Å². The third-order valence-electron chi connectivity index (χ3n) is 4.33. The minimum Gasteiger partial charge on any atom is -0.450 e.